The van der Waals surface area contributed by atoms with E-state index in [1.165, 1.54) is 23.9 Å². The number of amides is 2. The van der Waals surface area contributed by atoms with Crippen LogP contribution in [0.4, 0.5) is 14.9 Å². The van der Waals surface area contributed by atoms with Crippen molar-refractivity contribution in [1.29, 1.82) is 5.26 Å². The molecule has 1 rings (SSSR count). The molecule has 2 amide bonds. The average molecular weight is 311 g/mol. The minimum absolute atomic E-state index is 0.125. The number of nitriles is 1. The maximum Gasteiger partial charge on any atom is 0.326 e. The standard InChI is InChI=1S/C13H14FN3O3S/c1-21-5-4-11(12(18)19)17-13(20)16-10-3-2-8(7-15)6-9(10)14/h2-3,6,11H,4-5H2,1H3,(H,18,19)(H2,16,17,20)/t11-/m0/s1. The number of aliphatic carboxylic acids is 1. The van der Waals surface area contributed by atoms with Gasteiger partial charge in [0.2, 0.25) is 0 Å². The summed E-state index contributed by atoms with van der Waals surface area (Å²) in [5, 5.41) is 22.1. The Morgan fingerprint density at radius 1 is 1.52 bits per heavy atom. The first-order chi connectivity index (χ1) is 9.97. The van der Waals surface area contributed by atoms with Gasteiger partial charge in [0.25, 0.3) is 0 Å². The predicted molar refractivity (Wildman–Crippen MR) is 77.7 cm³/mol. The molecule has 0 radical (unpaired) electrons. The van der Waals surface area contributed by atoms with E-state index in [-0.39, 0.29) is 17.7 Å². The highest BCUT2D eigenvalue weighted by molar-refractivity contribution is 7.98. The zero-order valence-electron chi connectivity index (χ0n) is 11.2. The second-order valence-electron chi connectivity index (χ2n) is 4.08. The molecule has 8 heteroatoms. The van der Waals surface area contributed by atoms with E-state index in [4.69, 9.17) is 10.4 Å². The van der Waals surface area contributed by atoms with Crippen LogP contribution < -0.4 is 10.6 Å². The SMILES string of the molecule is CSCC[C@H](NC(=O)Nc1ccc(C#N)cc1F)C(=O)O. The molecule has 0 bridgehead atoms. The first-order valence-corrected chi connectivity index (χ1v) is 7.36. The Kier molecular flexibility index (Phi) is 6.49. The van der Waals surface area contributed by atoms with Gasteiger partial charge in [-0.2, -0.15) is 17.0 Å². The lowest BCUT2D eigenvalue weighted by Crippen LogP contribution is -2.43. The van der Waals surface area contributed by atoms with Gasteiger partial charge in [0.15, 0.2) is 0 Å². The predicted octanol–water partition coefficient (Wildman–Crippen LogP) is 2.03. The normalized spacial score (nSPS) is 11.3. The largest absolute Gasteiger partial charge is 0.480 e. The molecule has 0 unspecified atom stereocenters. The number of carbonyl (C=O) groups is 2. The fourth-order valence-electron chi connectivity index (χ4n) is 1.50. The third-order valence-electron chi connectivity index (χ3n) is 2.56. The molecule has 0 aromatic heterocycles. The van der Waals surface area contributed by atoms with Crippen molar-refractivity contribution in [1.82, 2.24) is 5.32 Å². The molecule has 0 fully saturated rings. The van der Waals surface area contributed by atoms with E-state index in [2.05, 4.69) is 10.6 Å². The topological polar surface area (TPSA) is 102 Å². The summed E-state index contributed by atoms with van der Waals surface area (Å²) in [6.45, 7) is 0. The highest BCUT2D eigenvalue weighted by Crippen LogP contribution is 2.15. The van der Waals surface area contributed by atoms with Crippen LogP contribution in [0.3, 0.4) is 0 Å². The molecular weight excluding hydrogens is 297 g/mol. The van der Waals surface area contributed by atoms with Gasteiger partial charge in [-0.05, 0) is 36.6 Å². The van der Waals surface area contributed by atoms with Crippen LogP contribution in [0, 0.1) is 17.1 Å². The van der Waals surface area contributed by atoms with Gasteiger partial charge < -0.3 is 15.7 Å². The molecule has 0 saturated carbocycles. The van der Waals surface area contributed by atoms with Crippen LogP contribution >= 0.6 is 11.8 Å². The van der Waals surface area contributed by atoms with E-state index in [1.807, 2.05) is 6.26 Å². The summed E-state index contributed by atoms with van der Waals surface area (Å²) in [5.41, 5.74) is 0.00217. The van der Waals surface area contributed by atoms with Crippen LogP contribution in [-0.4, -0.2) is 35.2 Å². The first-order valence-electron chi connectivity index (χ1n) is 5.96. The minimum Gasteiger partial charge on any atom is -0.480 e. The van der Waals surface area contributed by atoms with E-state index in [9.17, 15) is 14.0 Å². The Morgan fingerprint density at radius 2 is 2.24 bits per heavy atom. The summed E-state index contributed by atoms with van der Waals surface area (Å²) >= 11 is 1.46. The van der Waals surface area contributed by atoms with Gasteiger partial charge in [-0.15, -0.1) is 0 Å². The van der Waals surface area contributed by atoms with Gasteiger partial charge in [0.05, 0.1) is 17.3 Å². The van der Waals surface area contributed by atoms with Crippen molar-refractivity contribution in [3.05, 3.63) is 29.6 Å². The first kappa shape index (κ1) is 16.8. The molecule has 0 spiro atoms. The molecule has 3 N–H and O–H groups in total. The summed E-state index contributed by atoms with van der Waals surface area (Å²) in [4.78, 5) is 22.7. The van der Waals surface area contributed by atoms with Crippen molar-refractivity contribution in [3.8, 4) is 6.07 Å². The quantitative estimate of drug-likeness (QED) is 0.746. The lowest BCUT2D eigenvalue weighted by atomic mass is 10.2. The van der Waals surface area contributed by atoms with Crippen molar-refractivity contribution in [2.75, 3.05) is 17.3 Å². The van der Waals surface area contributed by atoms with Gasteiger partial charge >= 0.3 is 12.0 Å². The van der Waals surface area contributed by atoms with Crippen LogP contribution in [0.2, 0.25) is 0 Å². The maximum absolute atomic E-state index is 13.6. The highest BCUT2D eigenvalue weighted by Gasteiger charge is 2.19. The molecule has 1 atom stereocenters. The zero-order chi connectivity index (χ0) is 15.8. The van der Waals surface area contributed by atoms with Crippen molar-refractivity contribution in [2.45, 2.75) is 12.5 Å². The third-order valence-corrected chi connectivity index (χ3v) is 3.20. The van der Waals surface area contributed by atoms with E-state index in [0.29, 0.717) is 5.75 Å². The number of carboxylic acids is 1. The molecule has 0 aliphatic heterocycles. The number of thioether (sulfide) groups is 1. The molecule has 6 nitrogen and oxygen atoms in total. The van der Waals surface area contributed by atoms with E-state index >= 15 is 0 Å². The lowest BCUT2D eigenvalue weighted by molar-refractivity contribution is -0.139. The van der Waals surface area contributed by atoms with Crippen molar-refractivity contribution in [3.63, 3.8) is 0 Å². The molecular formula is C13H14FN3O3S. The zero-order valence-corrected chi connectivity index (χ0v) is 12.0. The van der Waals surface area contributed by atoms with E-state index < -0.39 is 23.9 Å². The second-order valence-corrected chi connectivity index (χ2v) is 5.06. The van der Waals surface area contributed by atoms with E-state index in [1.54, 1.807) is 6.07 Å². The Bertz CT molecular complexity index is 574. The molecule has 1 aromatic carbocycles. The summed E-state index contributed by atoms with van der Waals surface area (Å²) in [5.74, 6) is -1.35. The number of benzene rings is 1. The fraction of sp³-hybridized carbons (Fsp3) is 0.308. The number of hydrogen-bond acceptors (Lipinski definition) is 4. The Labute approximate surface area is 125 Å². The summed E-state index contributed by atoms with van der Waals surface area (Å²) < 4.78 is 13.6. The number of halogens is 1. The van der Waals surface area contributed by atoms with Crippen LogP contribution in [-0.2, 0) is 4.79 Å². The van der Waals surface area contributed by atoms with Crippen LogP contribution in [0.15, 0.2) is 18.2 Å². The summed E-state index contributed by atoms with van der Waals surface area (Å²) in [6.07, 6.45) is 2.09. The molecule has 0 heterocycles. The average Bonchev–Trinajstić information content (AvgIpc) is 2.45. The number of anilines is 1. The van der Waals surface area contributed by atoms with Gasteiger partial charge in [-0.3, -0.25) is 0 Å². The number of rotatable bonds is 6. The monoisotopic (exact) mass is 311 g/mol. The number of nitrogens with one attached hydrogen (secondary N) is 2. The fourth-order valence-corrected chi connectivity index (χ4v) is 1.97. The Morgan fingerprint density at radius 3 is 2.76 bits per heavy atom. The van der Waals surface area contributed by atoms with Crippen LogP contribution in [0.25, 0.3) is 0 Å². The molecule has 0 saturated heterocycles. The number of urea groups is 1. The number of carbonyl (C=O) groups excluding carboxylic acids is 1. The van der Waals surface area contributed by atoms with Gasteiger partial charge in [-0.25, -0.2) is 14.0 Å². The smallest absolute Gasteiger partial charge is 0.326 e. The van der Waals surface area contributed by atoms with Crippen molar-refractivity contribution < 1.29 is 19.1 Å². The van der Waals surface area contributed by atoms with Gasteiger partial charge in [0.1, 0.15) is 11.9 Å². The summed E-state index contributed by atoms with van der Waals surface area (Å²) in [6, 6.07) is 3.49. The molecule has 1 aromatic rings. The van der Waals surface area contributed by atoms with E-state index in [0.717, 1.165) is 6.07 Å². The third kappa shape index (κ3) is 5.31. The maximum atomic E-state index is 13.6. The van der Waals surface area contributed by atoms with Crippen LogP contribution in [0.1, 0.15) is 12.0 Å². The number of nitrogens with zero attached hydrogens (tertiary/aromatic N) is 1. The molecule has 112 valence electrons. The van der Waals surface area contributed by atoms with Gasteiger partial charge in [-0.1, -0.05) is 0 Å². The molecule has 0 aliphatic rings. The Hall–Kier alpha value is -2.27. The lowest BCUT2D eigenvalue weighted by Gasteiger charge is -2.15. The second kappa shape index (κ2) is 8.11. The highest BCUT2D eigenvalue weighted by atomic mass is 32.2. The molecule has 21 heavy (non-hydrogen) atoms. The van der Waals surface area contributed by atoms with Crippen LogP contribution in [0.5, 0.6) is 0 Å². The summed E-state index contributed by atoms with van der Waals surface area (Å²) in [7, 11) is 0. The minimum atomic E-state index is -1.15. The van der Waals surface area contributed by atoms with Crippen molar-refractivity contribution >= 4 is 29.4 Å². The number of carboxylic acid groups (broad SMARTS) is 1. The Balaban J connectivity index is 2.68. The van der Waals surface area contributed by atoms with Crippen molar-refractivity contribution in [2.24, 2.45) is 0 Å². The van der Waals surface area contributed by atoms with Gasteiger partial charge in [0, 0.05) is 0 Å². The molecule has 0 aliphatic carbocycles. The number of hydrogen-bond donors (Lipinski definition) is 3.